The van der Waals surface area contributed by atoms with E-state index in [0.29, 0.717) is 12.8 Å². The lowest BCUT2D eigenvalue weighted by atomic mass is 9.83. The summed E-state index contributed by atoms with van der Waals surface area (Å²) in [5, 5.41) is 3.33. The van der Waals surface area contributed by atoms with E-state index in [0.717, 1.165) is 38.4 Å². The van der Waals surface area contributed by atoms with Gasteiger partial charge in [0.05, 0.1) is 5.92 Å². The Morgan fingerprint density at radius 3 is 2.37 bits per heavy atom. The largest absolute Gasteiger partial charge is 0.393 e. The molecule has 19 heavy (non-hydrogen) atoms. The number of alkyl halides is 3. The quantitative estimate of drug-likeness (QED) is 0.852. The van der Waals surface area contributed by atoms with Crippen LogP contribution in [0, 0.1) is 5.92 Å². The first kappa shape index (κ1) is 13.7. The number of likely N-dealkylation sites (tertiary alicyclic amines) is 1. The molecule has 0 bridgehead atoms. The molecule has 2 saturated carbocycles. The van der Waals surface area contributed by atoms with Gasteiger partial charge >= 0.3 is 6.18 Å². The van der Waals surface area contributed by atoms with Crippen molar-refractivity contribution in [1.29, 1.82) is 0 Å². The van der Waals surface area contributed by atoms with Crippen LogP contribution < -0.4 is 5.32 Å². The van der Waals surface area contributed by atoms with Gasteiger partial charge in [-0.1, -0.05) is 12.8 Å². The van der Waals surface area contributed by atoms with Crippen LogP contribution in [0.5, 0.6) is 0 Å². The predicted molar refractivity (Wildman–Crippen MR) is 67.9 cm³/mol. The van der Waals surface area contributed by atoms with Crippen molar-refractivity contribution in [1.82, 2.24) is 10.2 Å². The molecule has 1 N–H and O–H groups in total. The molecule has 5 heteroatoms. The van der Waals surface area contributed by atoms with Crippen molar-refractivity contribution >= 4 is 0 Å². The third kappa shape index (κ3) is 3.24. The van der Waals surface area contributed by atoms with Gasteiger partial charge in [0.2, 0.25) is 0 Å². The third-order valence-corrected chi connectivity index (χ3v) is 4.92. The Labute approximate surface area is 112 Å². The fourth-order valence-electron chi connectivity index (χ4n) is 3.72. The highest BCUT2D eigenvalue weighted by Crippen LogP contribution is 2.38. The fourth-order valence-corrected chi connectivity index (χ4v) is 3.72. The number of hydrogen-bond acceptors (Lipinski definition) is 2. The maximum Gasteiger partial charge on any atom is 0.393 e. The molecule has 3 fully saturated rings. The average Bonchev–Trinajstić information content (AvgIpc) is 3.10. The molecule has 110 valence electrons. The standard InChI is InChI=1S/C14H23F3N2/c15-14(16,17)12-3-1-2-4-13(12)18-10-7-8-19(9-10)11-5-6-11/h10-13,18H,1-9H2. The van der Waals surface area contributed by atoms with Gasteiger partial charge in [0.25, 0.3) is 0 Å². The van der Waals surface area contributed by atoms with Gasteiger partial charge in [-0.2, -0.15) is 13.2 Å². The number of nitrogens with zero attached hydrogens (tertiary/aromatic N) is 1. The van der Waals surface area contributed by atoms with Gasteiger partial charge < -0.3 is 5.32 Å². The van der Waals surface area contributed by atoms with E-state index in [1.54, 1.807) is 0 Å². The molecule has 3 atom stereocenters. The molecule has 2 nitrogen and oxygen atoms in total. The van der Waals surface area contributed by atoms with Gasteiger partial charge in [0, 0.05) is 31.2 Å². The Morgan fingerprint density at radius 2 is 1.68 bits per heavy atom. The smallest absolute Gasteiger partial charge is 0.309 e. The van der Waals surface area contributed by atoms with E-state index in [1.807, 2.05) is 0 Å². The van der Waals surface area contributed by atoms with Crippen molar-refractivity contribution < 1.29 is 13.2 Å². The summed E-state index contributed by atoms with van der Waals surface area (Å²) in [5.41, 5.74) is 0. The summed E-state index contributed by atoms with van der Waals surface area (Å²) in [7, 11) is 0. The van der Waals surface area contributed by atoms with Gasteiger partial charge in [0.15, 0.2) is 0 Å². The number of rotatable bonds is 3. The molecule has 0 spiro atoms. The second-order valence-electron chi connectivity index (χ2n) is 6.42. The molecular weight excluding hydrogens is 253 g/mol. The van der Waals surface area contributed by atoms with E-state index in [4.69, 9.17) is 0 Å². The SMILES string of the molecule is FC(F)(F)C1CCCCC1NC1CCN(C2CC2)C1. The Bertz CT molecular complexity index is 314. The first-order chi connectivity index (χ1) is 9.04. The summed E-state index contributed by atoms with van der Waals surface area (Å²) < 4.78 is 39.1. The van der Waals surface area contributed by atoms with Crippen molar-refractivity contribution in [2.75, 3.05) is 13.1 Å². The van der Waals surface area contributed by atoms with Crippen LogP contribution in [-0.4, -0.2) is 42.3 Å². The van der Waals surface area contributed by atoms with E-state index in [1.165, 1.54) is 12.8 Å². The summed E-state index contributed by atoms with van der Waals surface area (Å²) >= 11 is 0. The van der Waals surface area contributed by atoms with Crippen LogP contribution >= 0.6 is 0 Å². The first-order valence-corrected chi connectivity index (χ1v) is 7.61. The lowest BCUT2D eigenvalue weighted by Gasteiger charge is -2.35. The first-order valence-electron chi connectivity index (χ1n) is 7.61. The molecule has 0 aromatic rings. The fraction of sp³-hybridized carbons (Fsp3) is 1.00. The van der Waals surface area contributed by atoms with Crippen molar-refractivity contribution in [2.24, 2.45) is 5.92 Å². The topological polar surface area (TPSA) is 15.3 Å². The maximum atomic E-state index is 13.0. The molecule has 0 aromatic carbocycles. The van der Waals surface area contributed by atoms with Crippen molar-refractivity contribution in [2.45, 2.75) is 69.2 Å². The Kier molecular flexibility index (Phi) is 3.78. The number of halogens is 3. The minimum absolute atomic E-state index is 0.272. The molecule has 1 saturated heterocycles. The predicted octanol–water partition coefficient (Wildman–Crippen LogP) is 2.93. The molecule has 1 heterocycles. The minimum atomic E-state index is -4.03. The van der Waals surface area contributed by atoms with E-state index in [-0.39, 0.29) is 12.1 Å². The molecular formula is C14H23F3N2. The van der Waals surface area contributed by atoms with Gasteiger partial charge in [-0.15, -0.1) is 0 Å². The van der Waals surface area contributed by atoms with E-state index in [2.05, 4.69) is 10.2 Å². The van der Waals surface area contributed by atoms with Crippen LogP contribution in [0.2, 0.25) is 0 Å². The molecule has 3 rings (SSSR count). The average molecular weight is 276 g/mol. The van der Waals surface area contributed by atoms with E-state index in [9.17, 15) is 13.2 Å². The summed E-state index contributed by atoms with van der Waals surface area (Å²) in [6.45, 7) is 2.01. The molecule has 0 amide bonds. The molecule has 2 aliphatic carbocycles. The molecule has 3 aliphatic rings. The van der Waals surface area contributed by atoms with Gasteiger partial charge in [0.1, 0.15) is 0 Å². The van der Waals surface area contributed by atoms with E-state index < -0.39 is 12.1 Å². The Balaban J connectivity index is 1.55. The zero-order chi connectivity index (χ0) is 13.5. The maximum absolute atomic E-state index is 13.0. The van der Waals surface area contributed by atoms with Crippen LogP contribution in [0.3, 0.4) is 0 Å². The molecule has 0 radical (unpaired) electrons. The van der Waals surface area contributed by atoms with Crippen LogP contribution in [0.1, 0.15) is 44.9 Å². The highest BCUT2D eigenvalue weighted by Gasteiger charge is 2.46. The lowest BCUT2D eigenvalue weighted by molar-refractivity contribution is -0.189. The lowest BCUT2D eigenvalue weighted by Crippen LogP contribution is -2.50. The van der Waals surface area contributed by atoms with Crippen LogP contribution in [0.15, 0.2) is 0 Å². The highest BCUT2D eigenvalue weighted by molar-refractivity contribution is 4.95. The number of nitrogens with one attached hydrogen (secondary N) is 1. The third-order valence-electron chi connectivity index (χ3n) is 4.92. The summed E-state index contributed by atoms with van der Waals surface area (Å²) in [6.07, 6.45) is 2.18. The number of hydrogen-bond donors (Lipinski definition) is 1. The summed E-state index contributed by atoms with van der Waals surface area (Å²) in [4.78, 5) is 2.45. The Morgan fingerprint density at radius 1 is 0.947 bits per heavy atom. The van der Waals surface area contributed by atoms with Crippen molar-refractivity contribution in [3.05, 3.63) is 0 Å². The molecule has 3 unspecified atom stereocenters. The summed E-state index contributed by atoms with van der Waals surface area (Å²) in [6, 6.07) is 0.656. The van der Waals surface area contributed by atoms with E-state index >= 15 is 0 Å². The normalized spacial score (nSPS) is 37.7. The zero-order valence-corrected chi connectivity index (χ0v) is 11.3. The van der Waals surface area contributed by atoms with Crippen LogP contribution in [0.25, 0.3) is 0 Å². The second kappa shape index (κ2) is 5.24. The molecule has 1 aliphatic heterocycles. The van der Waals surface area contributed by atoms with Gasteiger partial charge in [-0.3, -0.25) is 4.90 Å². The second-order valence-corrected chi connectivity index (χ2v) is 6.42. The van der Waals surface area contributed by atoms with Gasteiger partial charge in [-0.05, 0) is 32.1 Å². The Hall–Kier alpha value is -0.290. The van der Waals surface area contributed by atoms with Crippen LogP contribution in [0.4, 0.5) is 13.2 Å². The highest BCUT2D eigenvalue weighted by atomic mass is 19.4. The monoisotopic (exact) mass is 276 g/mol. The molecule has 0 aromatic heterocycles. The van der Waals surface area contributed by atoms with Gasteiger partial charge in [-0.25, -0.2) is 0 Å². The van der Waals surface area contributed by atoms with Crippen molar-refractivity contribution in [3.63, 3.8) is 0 Å². The zero-order valence-electron chi connectivity index (χ0n) is 11.3. The van der Waals surface area contributed by atoms with Crippen LogP contribution in [-0.2, 0) is 0 Å². The summed E-state index contributed by atoms with van der Waals surface area (Å²) in [5.74, 6) is -1.13. The minimum Gasteiger partial charge on any atom is -0.309 e. The van der Waals surface area contributed by atoms with Crippen molar-refractivity contribution in [3.8, 4) is 0 Å².